The van der Waals surface area contributed by atoms with Crippen molar-refractivity contribution >= 4 is 33.2 Å². The molecule has 31 heavy (non-hydrogen) atoms. The zero-order valence-electron chi connectivity index (χ0n) is 17.1. The maximum absolute atomic E-state index is 12.8. The Kier molecular flexibility index (Phi) is 6.43. The first-order chi connectivity index (χ1) is 14.9. The lowest BCUT2D eigenvalue weighted by Gasteiger charge is -2.12. The molecular formula is C22H23N3O4S2. The predicted molar refractivity (Wildman–Crippen MR) is 119 cm³/mol. The number of benzene rings is 2. The zero-order valence-corrected chi connectivity index (χ0v) is 18.7. The number of aryl methyl sites for hydroxylation is 1. The molecule has 9 heteroatoms. The summed E-state index contributed by atoms with van der Waals surface area (Å²) >= 11 is 1.44. The van der Waals surface area contributed by atoms with E-state index in [4.69, 9.17) is 4.52 Å². The molecule has 1 amide bonds. The normalized spacial score (nSPS) is 14.6. The van der Waals surface area contributed by atoms with E-state index in [2.05, 4.69) is 15.5 Å². The number of thioether (sulfide) groups is 1. The van der Waals surface area contributed by atoms with Crippen LogP contribution >= 0.6 is 11.8 Å². The first-order valence-electron chi connectivity index (χ1n) is 10.1. The largest absolute Gasteiger partial charge is 0.338 e. The Morgan fingerprint density at radius 3 is 2.52 bits per heavy atom. The molecule has 0 radical (unpaired) electrons. The molecule has 1 aliphatic carbocycles. The minimum Gasteiger partial charge on any atom is -0.338 e. The van der Waals surface area contributed by atoms with Crippen molar-refractivity contribution in [3.05, 3.63) is 65.8 Å². The maximum Gasteiger partial charge on any atom is 0.256 e. The molecule has 1 aliphatic rings. The summed E-state index contributed by atoms with van der Waals surface area (Å²) in [5.41, 5.74) is 1.06. The molecule has 3 aromatic rings. The minimum absolute atomic E-state index is 0.267. The van der Waals surface area contributed by atoms with Gasteiger partial charge >= 0.3 is 0 Å². The SMILES string of the molecule is Cc1noc(CSc2ccccc2C(=O)Nc2ccc(S(=O)(=O)C3CCCC3)cc2)n1. The second-order valence-corrected chi connectivity index (χ2v) is 10.7. The molecule has 0 bridgehead atoms. The van der Waals surface area contributed by atoms with E-state index in [0.29, 0.717) is 33.6 Å². The van der Waals surface area contributed by atoms with Gasteiger partial charge in [0.1, 0.15) is 0 Å². The Balaban J connectivity index is 1.45. The number of nitrogens with one attached hydrogen (secondary N) is 1. The fraction of sp³-hybridized carbons (Fsp3) is 0.318. The van der Waals surface area contributed by atoms with E-state index in [0.717, 1.165) is 30.6 Å². The third kappa shape index (κ3) is 4.99. The van der Waals surface area contributed by atoms with Gasteiger partial charge in [-0.1, -0.05) is 30.1 Å². The summed E-state index contributed by atoms with van der Waals surface area (Å²) in [5, 5.41) is 6.33. The van der Waals surface area contributed by atoms with Gasteiger partial charge in [-0.3, -0.25) is 4.79 Å². The predicted octanol–water partition coefficient (Wildman–Crippen LogP) is 4.64. The molecule has 1 heterocycles. The standard InChI is InChI=1S/C22H23N3O4S2/c1-15-23-21(29-25-15)14-30-20-9-5-4-8-19(20)22(26)24-16-10-12-18(13-11-16)31(27,28)17-6-2-3-7-17/h4-5,8-13,17H,2-3,6-7,14H2,1H3,(H,24,26). The highest BCUT2D eigenvalue weighted by molar-refractivity contribution is 7.98. The average Bonchev–Trinajstić information content (AvgIpc) is 3.45. The number of carbonyl (C=O) groups excluding carboxylic acids is 1. The van der Waals surface area contributed by atoms with Gasteiger partial charge in [-0.2, -0.15) is 4.98 Å². The Morgan fingerprint density at radius 2 is 1.84 bits per heavy atom. The summed E-state index contributed by atoms with van der Waals surface area (Å²) in [4.78, 5) is 18.1. The van der Waals surface area contributed by atoms with Crippen LogP contribution in [0.2, 0.25) is 0 Å². The number of hydrogen-bond donors (Lipinski definition) is 1. The highest BCUT2D eigenvalue weighted by Crippen LogP contribution is 2.30. The molecule has 0 atom stereocenters. The lowest BCUT2D eigenvalue weighted by Crippen LogP contribution is -2.18. The molecule has 1 N–H and O–H groups in total. The lowest BCUT2D eigenvalue weighted by atomic mass is 10.2. The van der Waals surface area contributed by atoms with Crippen LogP contribution in [0.15, 0.2) is 62.8 Å². The first-order valence-corrected chi connectivity index (χ1v) is 12.6. The summed E-state index contributed by atoms with van der Waals surface area (Å²) in [6.45, 7) is 1.75. The zero-order chi connectivity index (χ0) is 21.8. The third-order valence-corrected chi connectivity index (χ3v) is 8.57. The molecule has 7 nitrogen and oxygen atoms in total. The smallest absolute Gasteiger partial charge is 0.256 e. The molecule has 0 saturated heterocycles. The van der Waals surface area contributed by atoms with Crippen LogP contribution in [0.5, 0.6) is 0 Å². The van der Waals surface area contributed by atoms with Gasteiger partial charge in [-0.15, -0.1) is 11.8 Å². The molecule has 2 aromatic carbocycles. The van der Waals surface area contributed by atoms with Gasteiger partial charge in [-0.05, 0) is 56.2 Å². The van der Waals surface area contributed by atoms with Crippen LogP contribution < -0.4 is 5.32 Å². The number of nitrogens with zero attached hydrogens (tertiary/aromatic N) is 2. The van der Waals surface area contributed by atoms with Gasteiger partial charge < -0.3 is 9.84 Å². The van der Waals surface area contributed by atoms with Crippen molar-refractivity contribution in [3.8, 4) is 0 Å². The molecule has 0 aliphatic heterocycles. The van der Waals surface area contributed by atoms with E-state index >= 15 is 0 Å². The number of amides is 1. The van der Waals surface area contributed by atoms with E-state index < -0.39 is 9.84 Å². The number of hydrogen-bond acceptors (Lipinski definition) is 7. The summed E-state index contributed by atoms with van der Waals surface area (Å²) < 4.78 is 30.6. The number of aromatic nitrogens is 2. The minimum atomic E-state index is -3.31. The quantitative estimate of drug-likeness (QED) is 0.516. The Morgan fingerprint density at radius 1 is 1.13 bits per heavy atom. The van der Waals surface area contributed by atoms with Crippen molar-refractivity contribution in [2.45, 2.75) is 53.4 Å². The maximum atomic E-state index is 12.8. The molecule has 4 rings (SSSR count). The van der Waals surface area contributed by atoms with Crippen molar-refractivity contribution in [1.29, 1.82) is 0 Å². The number of sulfone groups is 1. The topological polar surface area (TPSA) is 102 Å². The van der Waals surface area contributed by atoms with Gasteiger partial charge in [0, 0.05) is 10.6 Å². The van der Waals surface area contributed by atoms with Crippen molar-refractivity contribution in [2.75, 3.05) is 5.32 Å². The fourth-order valence-corrected chi connectivity index (χ4v) is 6.38. The van der Waals surface area contributed by atoms with Gasteiger partial charge in [0.15, 0.2) is 15.7 Å². The highest BCUT2D eigenvalue weighted by Gasteiger charge is 2.30. The lowest BCUT2D eigenvalue weighted by molar-refractivity contribution is 0.102. The van der Waals surface area contributed by atoms with Crippen LogP contribution in [0.4, 0.5) is 5.69 Å². The summed E-state index contributed by atoms with van der Waals surface area (Å²) in [6, 6.07) is 13.7. The van der Waals surface area contributed by atoms with Gasteiger partial charge in [0.25, 0.3) is 5.91 Å². The summed E-state index contributed by atoms with van der Waals surface area (Å²) in [5.74, 6) is 1.26. The van der Waals surface area contributed by atoms with Gasteiger partial charge in [0.2, 0.25) is 5.89 Å². The molecule has 1 fully saturated rings. The van der Waals surface area contributed by atoms with Gasteiger partial charge in [0.05, 0.1) is 21.5 Å². The number of carbonyl (C=O) groups is 1. The van der Waals surface area contributed by atoms with Crippen LogP contribution in [0, 0.1) is 6.92 Å². The van der Waals surface area contributed by atoms with Crippen LogP contribution in [-0.2, 0) is 15.6 Å². The van der Waals surface area contributed by atoms with Crippen molar-refractivity contribution in [2.24, 2.45) is 0 Å². The Hall–Kier alpha value is -2.65. The Labute approximate surface area is 185 Å². The van der Waals surface area contributed by atoms with E-state index in [-0.39, 0.29) is 11.2 Å². The summed E-state index contributed by atoms with van der Waals surface area (Å²) in [7, 11) is -3.31. The van der Waals surface area contributed by atoms with Crippen LogP contribution in [0.3, 0.4) is 0 Å². The second-order valence-electron chi connectivity index (χ2n) is 7.45. The Bertz CT molecular complexity index is 1170. The number of rotatable bonds is 7. The molecule has 1 saturated carbocycles. The molecule has 162 valence electrons. The second kappa shape index (κ2) is 9.23. The first kappa shape index (κ1) is 21.6. The van der Waals surface area contributed by atoms with Gasteiger partial charge in [-0.25, -0.2) is 8.42 Å². The van der Waals surface area contributed by atoms with Crippen molar-refractivity contribution < 1.29 is 17.7 Å². The van der Waals surface area contributed by atoms with Crippen molar-refractivity contribution in [3.63, 3.8) is 0 Å². The van der Waals surface area contributed by atoms with E-state index in [1.165, 1.54) is 11.8 Å². The third-order valence-electron chi connectivity index (χ3n) is 5.23. The van der Waals surface area contributed by atoms with E-state index in [9.17, 15) is 13.2 Å². The van der Waals surface area contributed by atoms with E-state index in [1.807, 2.05) is 12.1 Å². The molecule has 1 aromatic heterocycles. The fourth-order valence-electron chi connectivity index (χ4n) is 3.64. The number of anilines is 1. The van der Waals surface area contributed by atoms with Crippen LogP contribution in [-0.4, -0.2) is 29.7 Å². The van der Waals surface area contributed by atoms with Crippen molar-refractivity contribution in [1.82, 2.24) is 10.1 Å². The molecule has 0 spiro atoms. The highest BCUT2D eigenvalue weighted by atomic mass is 32.2. The van der Waals surface area contributed by atoms with E-state index in [1.54, 1.807) is 43.3 Å². The molecule has 0 unspecified atom stereocenters. The molecular weight excluding hydrogens is 434 g/mol. The average molecular weight is 458 g/mol. The monoisotopic (exact) mass is 457 g/mol. The van der Waals surface area contributed by atoms with Crippen LogP contribution in [0.25, 0.3) is 0 Å². The van der Waals surface area contributed by atoms with Crippen LogP contribution in [0.1, 0.15) is 47.8 Å². The summed E-state index contributed by atoms with van der Waals surface area (Å²) in [6.07, 6.45) is 3.36.